The molecule has 2 fully saturated rings. The third-order valence-corrected chi connectivity index (χ3v) is 10.5. The zero-order chi connectivity index (χ0) is 35.0. The molecular weight excluding hydrogens is 640 g/mol. The number of hydrogen-bond donors (Lipinski definition) is 2. The molecule has 6 rings (SSSR count). The van der Waals surface area contributed by atoms with Crippen molar-refractivity contribution in [2.24, 2.45) is 0 Å². The van der Waals surface area contributed by atoms with Gasteiger partial charge in [-0.3, -0.25) is 38.6 Å². The molecule has 0 atom stereocenters. The largest absolute Gasteiger partial charge is 0.359 e. The lowest BCUT2D eigenvalue weighted by Gasteiger charge is -2.35. The number of rotatable bonds is 18. The van der Waals surface area contributed by atoms with E-state index in [4.69, 9.17) is 0 Å². The van der Waals surface area contributed by atoms with E-state index >= 15 is 0 Å². The molecule has 50 heavy (non-hydrogen) atoms. The standard InChI is InChI=1S/C36H48N8O6/c45-25-37-9-1-11-39-17-21-41(22-18-39)13-3-15-43-33(47)27-5-7-29-32-30(8-6-28(31(27)32)34(43)48)36(50)44(35(29)49)16-4-14-42-23-19-40(20-24-42)12-2-10-38-26-46/h5-8,25-26H,1-4,9-24H2,(H,37,45)(H,38,46). The number of amides is 6. The summed E-state index contributed by atoms with van der Waals surface area (Å²) in [6.07, 6.45) is 4.59. The summed E-state index contributed by atoms with van der Waals surface area (Å²) in [5.74, 6) is -1.56. The maximum atomic E-state index is 13.7. The third kappa shape index (κ3) is 7.73. The fourth-order valence-electron chi connectivity index (χ4n) is 7.69. The predicted octanol–water partition coefficient (Wildman–Crippen LogP) is 0.319. The van der Waals surface area contributed by atoms with Crippen LogP contribution in [0.5, 0.6) is 0 Å². The molecule has 0 bridgehead atoms. The molecule has 14 nitrogen and oxygen atoms in total. The van der Waals surface area contributed by atoms with Gasteiger partial charge in [-0.2, -0.15) is 0 Å². The molecule has 2 saturated heterocycles. The molecule has 0 saturated carbocycles. The van der Waals surface area contributed by atoms with Gasteiger partial charge in [0.1, 0.15) is 0 Å². The van der Waals surface area contributed by atoms with Crippen LogP contribution in [-0.2, 0) is 9.59 Å². The van der Waals surface area contributed by atoms with Gasteiger partial charge in [-0.15, -0.1) is 0 Å². The van der Waals surface area contributed by atoms with Gasteiger partial charge in [0.05, 0.1) is 0 Å². The van der Waals surface area contributed by atoms with Gasteiger partial charge < -0.3 is 30.2 Å². The van der Waals surface area contributed by atoms with E-state index in [-0.39, 0.29) is 23.6 Å². The lowest BCUT2D eigenvalue weighted by molar-refractivity contribution is -0.110. The fraction of sp³-hybridized carbons (Fsp3) is 0.556. The summed E-state index contributed by atoms with van der Waals surface area (Å²) in [5, 5.41) is 6.21. The Bertz CT molecular complexity index is 1410. The van der Waals surface area contributed by atoms with Crippen LogP contribution in [0.25, 0.3) is 10.8 Å². The number of carbonyl (C=O) groups is 6. The fourth-order valence-corrected chi connectivity index (χ4v) is 7.69. The molecule has 4 aliphatic rings. The molecule has 0 unspecified atom stereocenters. The molecule has 14 heteroatoms. The quantitative estimate of drug-likeness (QED) is 0.128. The molecule has 2 aromatic rings. The summed E-state index contributed by atoms with van der Waals surface area (Å²) in [4.78, 5) is 87.7. The topological polar surface area (TPSA) is 146 Å². The van der Waals surface area contributed by atoms with Crippen molar-refractivity contribution in [2.45, 2.75) is 25.7 Å². The first-order valence-corrected chi connectivity index (χ1v) is 18.0. The lowest BCUT2D eigenvalue weighted by Crippen LogP contribution is -2.48. The van der Waals surface area contributed by atoms with Crippen LogP contribution in [-0.4, -0.2) is 171 Å². The van der Waals surface area contributed by atoms with Crippen LogP contribution >= 0.6 is 0 Å². The van der Waals surface area contributed by atoms with Crippen molar-refractivity contribution in [3.63, 3.8) is 0 Å². The minimum Gasteiger partial charge on any atom is -0.359 e. The minimum absolute atomic E-state index is 0.291. The molecular formula is C36H48N8O6. The van der Waals surface area contributed by atoms with Crippen molar-refractivity contribution in [1.29, 1.82) is 0 Å². The number of benzene rings is 2. The van der Waals surface area contributed by atoms with Gasteiger partial charge in [0.15, 0.2) is 0 Å². The van der Waals surface area contributed by atoms with Crippen LogP contribution < -0.4 is 10.6 Å². The van der Waals surface area contributed by atoms with Crippen LogP contribution in [0, 0.1) is 0 Å². The Labute approximate surface area is 292 Å². The molecule has 2 aromatic carbocycles. The summed E-state index contributed by atoms with van der Waals surface area (Å²) in [5.41, 5.74) is 1.41. The Morgan fingerprint density at radius 2 is 0.720 bits per heavy atom. The molecule has 0 spiro atoms. The maximum Gasteiger partial charge on any atom is 0.261 e. The Morgan fingerprint density at radius 3 is 1.00 bits per heavy atom. The van der Waals surface area contributed by atoms with E-state index in [1.54, 1.807) is 24.3 Å². The maximum absolute atomic E-state index is 13.7. The van der Waals surface area contributed by atoms with E-state index < -0.39 is 0 Å². The Morgan fingerprint density at radius 1 is 0.440 bits per heavy atom. The Hall–Kier alpha value is -4.24. The summed E-state index contributed by atoms with van der Waals surface area (Å²) in [7, 11) is 0. The van der Waals surface area contributed by atoms with Crippen LogP contribution in [0.4, 0.5) is 0 Å². The summed E-state index contributed by atoms with van der Waals surface area (Å²) in [6.45, 7) is 12.8. The molecule has 4 aliphatic heterocycles. The zero-order valence-electron chi connectivity index (χ0n) is 28.7. The second-order valence-electron chi connectivity index (χ2n) is 13.5. The molecule has 268 valence electrons. The second-order valence-corrected chi connectivity index (χ2v) is 13.5. The van der Waals surface area contributed by atoms with E-state index in [0.717, 1.165) is 104 Å². The van der Waals surface area contributed by atoms with Crippen molar-refractivity contribution >= 4 is 47.2 Å². The number of hydrogen-bond acceptors (Lipinski definition) is 10. The smallest absolute Gasteiger partial charge is 0.261 e. The third-order valence-electron chi connectivity index (χ3n) is 10.5. The van der Waals surface area contributed by atoms with Crippen molar-refractivity contribution in [3.05, 3.63) is 46.5 Å². The van der Waals surface area contributed by atoms with Crippen molar-refractivity contribution < 1.29 is 28.8 Å². The lowest BCUT2D eigenvalue weighted by atomic mass is 9.86. The van der Waals surface area contributed by atoms with Crippen LogP contribution in [0.2, 0.25) is 0 Å². The van der Waals surface area contributed by atoms with E-state index in [1.807, 2.05) is 0 Å². The Balaban J connectivity index is 1.02. The molecule has 2 N–H and O–H groups in total. The van der Waals surface area contributed by atoms with Gasteiger partial charge >= 0.3 is 0 Å². The monoisotopic (exact) mass is 688 g/mol. The highest BCUT2D eigenvalue weighted by Crippen LogP contribution is 2.38. The van der Waals surface area contributed by atoms with Gasteiger partial charge in [-0.05, 0) is 76.1 Å². The molecule has 0 aromatic heterocycles. The number of nitrogens with zero attached hydrogens (tertiary/aromatic N) is 6. The Kier molecular flexibility index (Phi) is 11.8. The highest BCUT2D eigenvalue weighted by molar-refractivity contribution is 6.33. The van der Waals surface area contributed by atoms with Gasteiger partial charge in [-0.1, -0.05) is 0 Å². The van der Waals surface area contributed by atoms with Crippen LogP contribution in [0.15, 0.2) is 24.3 Å². The summed E-state index contributed by atoms with van der Waals surface area (Å²) < 4.78 is 0. The summed E-state index contributed by atoms with van der Waals surface area (Å²) >= 11 is 0. The predicted molar refractivity (Wildman–Crippen MR) is 187 cm³/mol. The second kappa shape index (κ2) is 16.6. The molecule has 6 amide bonds. The van der Waals surface area contributed by atoms with Gasteiger partial charge in [-0.25, -0.2) is 0 Å². The average molecular weight is 689 g/mol. The molecule has 0 aliphatic carbocycles. The number of imide groups is 2. The molecule has 4 heterocycles. The van der Waals surface area contributed by atoms with Crippen LogP contribution in [0.1, 0.15) is 67.1 Å². The molecule has 0 radical (unpaired) electrons. The average Bonchev–Trinajstić information content (AvgIpc) is 3.14. The van der Waals surface area contributed by atoms with E-state index in [1.165, 1.54) is 9.80 Å². The zero-order valence-corrected chi connectivity index (χ0v) is 28.7. The summed E-state index contributed by atoms with van der Waals surface area (Å²) in [6, 6.07) is 6.54. The first-order valence-electron chi connectivity index (χ1n) is 18.0. The van der Waals surface area contributed by atoms with Crippen molar-refractivity contribution in [3.8, 4) is 0 Å². The number of piperazine rings is 2. The first kappa shape index (κ1) is 35.6. The number of nitrogens with one attached hydrogen (secondary N) is 2. The number of carbonyl (C=O) groups excluding carboxylic acids is 6. The van der Waals surface area contributed by atoms with Gasteiger partial charge in [0, 0.05) is 112 Å². The normalized spacial score (nSPS) is 19.0. The van der Waals surface area contributed by atoms with Crippen molar-refractivity contribution in [2.75, 3.05) is 105 Å². The highest BCUT2D eigenvalue weighted by Gasteiger charge is 2.39. The van der Waals surface area contributed by atoms with E-state index in [2.05, 4.69) is 30.2 Å². The van der Waals surface area contributed by atoms with Crippen molar-refractivity contribution in [1.82, 2.24) is 40.0 Å². The first-order chi connectivity index (χ1) is 24.4. The minimum atomic E-state index is -0.389. The van der Waals surface area contributed by atoms with Gasteiger partial charge in [0.25, 0.3) is 23.6 Å². The van der Waals surface area contributed by atoms with E-state index in [0.29, 0.717) is 72.0 Å². The van der Waals surface area contributed by atoms with Crippen LogP contribution in [0.3, 0.4) is 0 Å². The SMILES string of the molecule is O=CNCCCN1CCN(CCCN2C(=O)c3ccc4c5c(ccc(c35)C2=O)C(=O)N(CCCN2CCN(CCCNC=O)CC2)C4=O)CC1. The van der Waals surface area contributed by atoms with Gasteiger partial charge in [0.2, 0.25) is 12.8 Å². The highest BCUT2D eigenvalue weighted by atomic mass is 16.2. The van der Waals surface area contributed by atoms with E-state index in [9.17, 15) is 28.8 Å².